The molecule has 0 bridgehead atoms. The van der Waals surface area contributed by atoms with Gasteiger partial charge in [-0.2, -0.15) is 0 Å². The van der Waals surface area contributed by atoms with Gasteiger partial charge in [-0.15, -0.1) is 0 Å². The first-order valence-electron chi connectivity index (χ1n) is 7.98. The van der Waals surface area contributed by atoms with Crippen LogP contribution in [0.15, 0.2) is 18.2 Å². The van der Waals surface area contributed by atoms with Gasteiger partial charge in [0.1, 0.15) is 5.75 Å². The summed E-state index contributed by atoms with van der Waals surface area (Å²) in [6.45, 7) is 1.49. The van der Waals surface area contributed by atoms with Crippen LogP contribution in [0.3, 0.4) is 0 Å². The van der Waals surface area contributed by atoms with E-state index in [1.54, 1.807) is 12.1 Å². The summed E-state index contributed by atoms with van der Waals surface area (Å²) >= 11 is 11.7. The number of hydrogen-bond acceptors (Lipinski definition) is 4. The van der Waals surface area contributed by atoms with Crippen LogP contribution in [-0.4, -0.2) is 31.1 Å². The third kappa shape index (κ3) is 5.87. The second-order valence-electron chi connectivity index (χ2n) is 5.96. The highest BCUT2D eigenvalue weighted by Gasteiger charge is 2.23. The van der Waals surface area contributed by atoms with E-state index in [-0.39, 0.29) is 25.2 Å². The average Bonchev–Trinajstić information content (AvgIpc) is 2.54. The summed E-state index contributed by atoms with van der Waals surface area (Å²) in [6.07, 6.45) is 4.40. The minimum atomic E-state index is -0.632. The zero-order valence-electron chi connectivity index (χ0n) is 13.5. The molecule has 1 amide bonds. The molecule has 0 spiro atoms. The zero-order valence-corrected chi connectivity index (χ0v) is 15.0. The number of ether oxygens (including phenoxy) is 2. The Balaban J connectivity index is 1.69. The van der Waals surface area contributed by atoms with Gasteiger partial charge in [-0.3, -0.25) is 4.79 Å². The van der Waals surface area contributed by atoms with Crippen LogP contribution in [-0.2, 0) is 14.3 Å². The van der Waals surface area contributed by atoms with Crippen molar-refractivity contribution in [3.63, 3.8) is 0 Å². The molecule has 5 nitrogen and oxygen atoms in total. The summed E-state index contributed by atoms with van der Waals surface area (Å²) in [7, 11) is 0. The molecular weight excluding hydrogens is 353 g/mol. The lowest BCUT2D eigenvalue weighted by molar-refractivity contribution is -0.150. The van der Waals surface area contributed by atoms with E-state index in [0.29, 0.717) is 21.7 Å². The zero-order chi connectivity index (χ0) is 17.5. The largest absolute Gasteiger partial charge is 0.480 e. The Morgan fingerprint density at radius 2 is 1.96 bits per heavy atom. The first kappa shape index (κ1) is 18.9. The quantitative estimate of drug-likeness (QED) is 0.773. The molecule has 2 rings (SSSR count). The number of carbonyl (C=O) groups is 2. The van der Waals surface area contributed by atoms with Gasteiger partial charge < -0.3 is 14.8 Å². The Kier molecular flexibility index (Phi) is 7.18. The summed E-state index contributed by atoms with van der Waals surface area (Å²) in [6, 6.07) is 4.85. The van der Waals surface area contributed by atoms with E-state index >= 15 is 0 Å². The van der Waals surface area contributed by atoms with Crippen molar-refractivity contribution in [3.8, 4) is 5.75 Å². The highest BCUT2D eigenvalue weighted by molar-refractivity contribution is 6.35. The van der Waals surface area contributed by atoms with Gasteiger partial charge in [-0.1, -0.05) is 43.0 Å². The van der Waals surface area contributed by atoms with Crippen LogP contribution < -0.4 is 10.1 Å². The molecular formula is C17H21Cl2NO4. The number of carbonyl (C=O) groups excluding carboxylic acids is 2. The van der Waals surface area contributed by atoms with Crippen molar-refractivity contribution in [2.24, 2.45) is 5.92 Å². The Bertz CT molecular complexity index is 594. The van der Waals surface area contributed by atoms with Crippen molar-refractivity contribution < 1.29 is 19.1 Å². The fraction of sp³-hybridized carbons (Fsp3) is 0.529. The summed E-state index contributed by atoms with van der Waals surface area (Å²) in [5, 5.41) is 3.70. The van der Waals surface area contributed by atoms with Crippen molar-refractivity contribution >= 4 is 35.1 Å². The molecule has 7 heteroatoms. The molecule has 1 saturated carbocycles. The molecule has 132 valence electrons. The maximum absolute atomic E-state index is 11.9. The van der Waals surface area contributed by atoms with E-state index in [1.165, 1.54) is 12.5 Å². The lowest BCUT2D eigenvalue weighted by atomic mass is 9.86. The van der Waals surface area contributed by atoms with Gasteiger partial charge in [0.2, 0.25) is 0 Å². The Morgan fingerprint density at radius 3 is 2.67 bits per heavy atom. The van der Waals surface area contributed by atoms with E-state index < -0.39 is 5.97 Å². The monoisotopic (exact) mass is 373 g/mol. The highest BCUT2D eigenvalue weighted by atomic mass is 35.5. The average molecular weight is 374 g/mol. The van der Waals surface area contributed by atoms with Crippen molar-refractivity contribution in [1.29, 1.82) is 0 Å². The van der Waals surface area contributed by atoms with Crippen LogP contribution in [0.5, 0.6) is 5.75 Å². The van der Waals surface area contributed by atoms with Gasteiger partial charge in [-0.25, -0.2) is 4.79 Å². The summed E-state index contributed by atoms with van der Waals surface area (Å²) < 4.78 is 10.2. The summed E-state index contributed by atoms with van der Waals surface area (Å²) in [4.78, 5) is 23.5. The Hall–Kier alpha value is -1.46. The van der Waals surface area contributed by atoms with Crippen molar-refractivity contribution in [3.05, 3.63) is 28.2 Å². The number of halogens is 2. The van der Waals surface area contributed by atoms with E-state index in [0.717, 1.165) is 19.3 Å². The lowest BCUT2D eigenvalue weighted by Gasteiger charge is -2.29. The minimum absolute atomic E-state index is 0.161. The van der Waals surface area contributed by atoms with Gasteiger partial charge in [0, 0.05) is 11.1 Å². The maximum atomic E-state index is 11.9. The van der Waals surface area contributed by atoms with E-state index in [9.17, 15) is 9.59 Å². The number of hydrogen-bond donors (Lipinski definition) is 1. The van der Waals surface area contributed by atoms with E-state index in [1.807, 2.05) is 0 Å². The van der Waals surface area contributed by atoms with Crippen molar-refractivity contribution in [2.45, 2.75) is 38.6 Å². The number of amides is 1. The fourth-order valence-electron chi connectivity index (χ4n) is 2.70. The van der Waals surface area contributed by atoms with E-state index in [4.69, 9.17) is 32.7 Å². The number of nitrogens with one attached hydrogen (secondary N) is 1. The highest BCUT2D eigenvalue weighted by Crippen LogP contribution is 2.27. The summed E-state index contributed by atoms with van der Waals surface area (Å²) in [5.74, 6) is -0.133. The first-order chi connectivity index (χ1) is 11.5. The second kappa shape index (κ2) is 9.14. The molecule has 1 aromatic carbocycles. The van der Waals surface area contributed by atoms with Crippen molar-refractivity contribution in [1.82, 2.24) is 5.32 Å². The van der Waals surface area contributed by atoms with Crippen LogP contribution >= 0.6 is 23.2 Å². The molecule has 0 saturated heterocycles. The lowest BCUT2D eigenvalue weighted by Crippen LogP contribution is -2.43. The molecule has 1 N–H and O–H groups in total. The molecule has 1 aliphatic rings. The Labute approximate surface area is 151 Å². The fourth-order valence-corrected chi connectivity index (χ4v) is 3.16. The SMILES string of the molecule is C[C@@H]1CCCC[C@@H]1NC(=O)COC(=O)COc1ccc(Cl)cc1Cl. The molecule has 24 heavy (non-hydrogen) atoms. The minimum Gasteiger partial charge on any atom is -0.480 e. The van der Waals surface area contributed by atoms with Crippen LogP contribution in [0, 0.1) is 5.92 Å². The molecule has 0 aromatic heterocycles. The third-order valence-electron chi connectivity index (χ3n) is 4.06. The van der Waals surface area contributed by atoms with Gasteiger partial charge in [-0.05, 0) is 37.0 Å². The molecule has 1 fully saturated rings. The standard InChI is InChI=1S/C17H21Cl2NO4/c1-11-4-2-3-5-14(11)20-16(21)9-24-17(22)10-23-15-7-6-12(18)8-13(15)19/h6-8,11,14H,2-5,9-10H2,1H3,(H,20,21)/t11-,14+/m1/s1. The number of esters is 1. The van der Waals surface area contributed by atoms with Crippen LogP contribution in [0.25, 0.3) is 0 Å². The molecule has 0 radical (unpaired) electrons. The van der Waals surface area contributed by atoms with Gasteiger partial charge in [0.25, 0.3) is 5.91 Å². The normalized spacial score (nSPS) is 20.3. The number of rotatable bonds is 6. The predicted octanol–water partition coefficient (Wildman–Crippen LogP) is 3.61. The van der Waals surface area contributed by atoms with Gasteiger partial charge in [0.05, 0.1) is 5.02 Å². The molecule has 1 aliphatic carbocycles. The molecule has 0 unspecified atom stereocenters. The first-order valence-corrected chi connectivity index (χ1v) is 8.74. The second-order valence-corrected chi connectivity index (χ2v) is 6.80. The van der Waals surface area contributed by atoms with Crippen molar-refractivity contribution in [2.75, 3.05) is 13.2 Å². The van der Waals surface area contributed by atoms with Crippen LogP contribution in [0.1, 0.15) is 32.6 Å². The van der Waals surface area contributed by atoms with E-state index in [2.05, 4.69) is 12.2 Å². The smallest absolute Gasteiger partial charge is 0.344 e. The topological polar surface area (TPSA) is 64.6 Å². The third-order valence-corrected chi connectivity index (χ3v) is 4.59. The van der Waals surface area contributed by atoms with Gasteiger partial charge in [0.15, 0.2) is 13.2 Å². The molecule has 0 aliphatic heterocycles. The molecule has 2 atom stereocenters. The van der Waals surface area contributed by atoms with Gasteiger partial charge >= 0.3 is 5.97 Å². The molecule has 1 aromatic rings. The Morgan fingerprint density at radius 1 is 1.21 bits per heavy atom. The number of benzene rings is 1. The molecule has 0 heterocycles. The summed E-state index contributed by atoms with van der Waals surface area (Å²) in [5.41, 5.74) is 0. The predicted molar refractivity (Wildman–Crippen MR) is 92.5 cm³/mol. The maximum Gasteiger partial charge on any atom is 0.344 e. The van der Waals surface area contributed by atoms with Crippen LogP contribution in [0.4, 0.5) is 0 Å². The van der Waals surface area contributed by atoms with Crippen LogP contribution in [0.2, 0.25) is 10.0 Å².